The minimum atomic E-state index is -0.358. The minimum Gasteiger partial charge on any atom is -0.321 e. The zero-order chi connectivity index (χ0) is 14.0. The third-order valence-electron chi connectivity index (χ3n) is 2.61. The molecule has 19 heavy (non-hydrogen) atoms. The fourth-order valence-electron chi connectivity index (χ4n) is 1.52. The molecule has 0 aliphatic carbocycles. The topological polar surface area (TPSA) is 29.1 Å². The molecule has 0 saturated carbocycles. The van der Waals surface area contributed by atoms with Crippen LogP contribution in [0.25, 0.3) is 0 Å². The Morgan fingerprint density at radius 3 is 2.47 bits per heavy atom. The standard InChI is InChI=1S/C14H10Br2FNO/c1-8-2-3-9(6-11(8)15)14(19)18-13-5-4-10(17)7-12(13)16/h2-7H,1H3,(H,18,19). The average molecular weight is 387 g/mol. The van der Waals surface area contributed by atoms with Crippen LogP contribution in [0.5, 0.6) is 0 Å². The summed E-state index contributed by atoms with van der Waals surface area (Å²) in [5.74, 6) is -0.601. The van der Waals surface area contributed by atoms with E-state index >= 15 is 0 Å². The first kappa shape index (κ1) is 14.2. The number of hydrogen-bond donors (Lipinski definition) is 1. The number of aryl methyl sites for hydroxylation is 1. The molecule has 0 fully saturated rings. The second-order valence-corrected chi connectivity index (χ2v) is 5.75. The maximum atomic E-state index is 13.0. The van der Waals surface area contributed by atoms with Crippen molar-refractivity contribution in [2.24, 2.45) is 0 Å². The molecule has 1 amide bonds. The molecule has 2 aromatic carbocycles. The number of anilines is 1. The Bertz CT molecular complexity index is 643. The molecule has 0 aliphatic heterocycles. The van der Waals surface area contributed by atoms with Gasteiger partial charge in [0.2, 0.25) is 0 Å². The van der Waals surface area contributed by atoms with E-state index in [9.17, 15) is 9.18 Å². The summed E-state index contributed by atoms with van der Waals surface area (Å²) in [5.41, 5.74) is 2.12. The summed E-state index contributed by atoms with van der Waals surface area (Å²) in [6.07, 6.45) is 0. The second-order valence-electron chi connectivity index (χ2n) is 4.04. The predicted octanol–water partition coefficient (Wildman–Crippen LogP) is 4.91. The summed E-state index contributed by atoms with van der Waals surface area (Å²) in [4.78, 5) is 12.1. The van der Waals surface area contributed by atoms with Crippen molar-refractivity contribution >= 4 is 43.5 Å². The van der Waals surface area contributed by atoms with Gasteiger partial charge in [0.05, 0.1) is 5.69 Å². The number of nitrogens with one attached hydrogen (secondary N) is 1. The van der Waals surface area contributed by atoms with Gasteiger partial charge in [-0.25, -0.2) is 4.39 Å². The van der Waals surface area contributed by atoms with Crippen LogP contribution in [0.3, 0.4) is 0 Å². The molecule has 0 bridgehead atoms. The smallest absolute Gasteiger partial charge is 0.255 e. The molecule has 0 aliphatic rings. The highest BCUT2D eigenvalue weighted by Crippen LogP contribution is 2.24. The molecule has 0 spiro atoms. The van der Waals surface area contributed by atoms with E-state index in [0.29, 0.717) is 15.7 Å². The van der Waals surface area contributed by atoms with E-state index in [1.54, 1.807) is 12.1 Å². The Hall–Kier alpha value is -1.20. The lowest BCUT2D eigenvalue weighted by atomic mass is 10.1. The highest BCUT2D eigenvalue weighted by molar-refractivity contribution is 9.10. The molecule has 0 atom stereocenters. The van der Waals surface area contributed by atoms with Crippen LogP contribution in [0.1, 0.15) is 15.9 Å². The van der Waals surface area contributed by atoms with Gasteiger partial charge in [0, 0.05) is 14.5 Å². The van der Waals surface area contributed by atoms with Crippen molar-refractivity contribution in [2.75, 3.05) is 5.32 Å². The van der Waals surface area contributed by atoms with Gasteiger partial charge >= 0.3 is 0 Å². The van der Waals surface area contributed by atoms with Gasteiger partial charge in [0.25, 0.3) is 5.91 Å². The number of rotatable bonds is 2. The molecule has 0 radical (unpaired) electrons. The van der Waals surface area contributed by atoms with Crippen LogP contribution in [0.2, 0.25) is 0 Å². The summed E-state index contributed by atoms with van der Waals surface area (Å²) in [5, 5.41) is 2.73. The van der Waals surface area contributed by atoms with E-state index in [2.05, 4.69) is 37.2 Å². The molecule has 5 heteroatoms. The van der Waals surface area contributed by atoms with Crippen molar-refractivity contribution in [2.45, 2.75) is 6.92 Å². The number of amides is 1. The summed E-state index contributed by atoms with van der Waals surface area (Å²) in [7, 11) is 0. The highest BCUT2D eigenvalue weighted by atomic mass is 79.9. The molecular formula is C14H10Br2FNO. The Morgan fingerprint density at radius 1 is 1.11 bits per heavy atom. The Balaban J connectivity index is 2.23. The normalized spacial score (nSPS) is 10.3. The first-order valence-corrected chi connectivity index (χ1v) is 7.08. The van der Waals surface area contributed by atoms with E-state index in [1.165, 1.54) is 18.2 Å². The Morgan fingerprint density at radius 2 is 1.84 bits per heavy atom. The summed E-state index contributed by atoms with van der Waals surface area (Å²) >= 11 is 6.60. The van der Waals surface area contributed by atoms with Crippen molar-refractivity contribution in [1.82, 2.24) is 0 Å². The molecule has 2 nitrogen and oxygen atoms in total. The second kappa shape index (κ2) is 5.84. The van der Waals surface area contributed by atoms with Gasteiger partial charge < -0.3 is 5.32 Å². The van der Waals surface area contributed by atoms with Gasteiger partial charge in [-0.3, -0.25) is 4.79 Å². The predicted molar refractivity (Wildman–Crippen MR) is 80.9 cm³/mol. The largest absolute Gasteiger partial charge is 0.321 e. The zero-order valence-corrected chi connectivity index (χ0v) is 13.2. The summed E-state index contributed by atoms with van der Waals surface area (Å²) < 4.78 is 14.3. The molecule has 1 N–H and O–H groups in total. The van der Waals surface area contributed by atoms with Gasteiger partial charge in [-0.15, -0.1) is 0 Å². The van der Waals surface area contributed by atoms with Crippen LogP contribution in [-0.2, 0) is 0 Å². The lowest BCUT2D eigenvalue weighted by Crippen LogP contribution is -2.12. The van der Waals surface area contributed by atoms with Crippen molar-refractivity contribution in [1.29, 1.82) is 0 Å². The monoisotopic (exact) mass is 385 g/mol. The van der Waals surface area contributed by atoms with Crippen molar-refractivity contribution in [3.05, 3.63) is 62.3 Å². The number of benzene rings is 2. The highest BCUT2D eigenvalue weighted by Gasteiger charge is 2.10. The SMILES string of the molecule is Cc1ccc(C(=O)Nc2ccc(F)cc2Br)cc1Br. The number of hydrogen-bond acceptors (Lipinski definition) is 1. The van der Waals surface area contributed by atoms with E-state index in [4.69, 9.17) is 0 Å². The molecule has 2 rings (SSSR count). The summed E-state index contributed by atoms with van der Waals surface area (Å²) in [6.45, 7) is 1.95. The van der Waals surface area contributed by atoms with Gasteiger partial charge in [0.15, 0.2) is 0 Å². The number of carbonyl (C=O) groups is 1. The molecular weight excluding hydrogens is 377 g/mol. The van der Waals surface area contributed by atoms with Gasteiger partial charge in [0.1, 0.15) is 5.82 Å². The van der Waals surface area contributed by atoms with Crippen LogP contribution in [0.15, 0.2) is 45.3 Å². The Kier molecular flexibility index (Phi) is 4.37. The van der Waals surface area contributed by atoms with Crippen LogP contribution in [0.4, 0.5) is 10.1 Å². The van der Waals surface area contributed by atoms with E-state index < -0.39 is 0 Å². The van der Waals surface area contributed by atoms with E-state index in [1.807, 2.05) is 13.0 Å². The molecule has 98 valence electrons. The van der Waals surface area contributed by atoms with Gasteiger partial charge in [-0.05, 0) is 58.7 Å². The van der Waals surface area contributed by atoms with Crippen LogP contribution >= 0.6 is 31.9 Å². The molecule has 0 aromatic heterocycles. The zero-order valence-electron chi connectivity index (χ0n) is 10.0. The first-order chi connectivity index (χ1) is 8.97. The summed E-state index contributed by atoms with van der Waals surface area (Å²) in [6, 6.07) is 9.47. The minimum absolute atomic E-state index is 0.243. The van der Waals surface area contributed by atoms with E-state index in [-0.39, 0.29) is 11.7 Å². The maximum absolute atomic E-state index is 13.0. The van der Waals surface area contributed by atoms with Gasteiger partial charge in [-0.2, -0.15) is 0 Å². The Labute approximate surface area is 127 Å². The molecule has 0 saturated heterocycles. The fourth-order valence-corrected chi connectivity index (χ4v) is 2.35. The lowest BCUT2D eigenvalue weighted by Gasteiger charge is -2.08. The van der Waals surface area contributed by atoms with Crippen LogP contribution in [0, 0.1) is 12.7 Å². The first-order valence-electron chi connectivity index (χ1n) is 5.50. The third kappa shape index (κ3) is 3.42. The molecule has 0 unspecified atom stereocenters. The molecule has 0 heterocycles. The van der Waals surface area contributed by atoms with Crippen molar-refractivity contribution < 1.29 is 9.18 Å². The van der Waals surface area contributed by atoms with Gasteiger partial charge in [-0.1, -0.05) is 22.0 Å². The number of carbonyl (C=O) groups excluding carboxylic acids is 1. The third-order valence-corrected chi connectivity index (χ3v) is 4.12. The quantitative estimate of drug-likeness (QED) is 0.780. The molecule has 2 aromatic rings. The van der Waals surface area contributed by atoms with Crippen molar-refractivity contribution in [3.63, 3.8) is 0 Å². The van der Waals surface area contributed by atoms with Crippen molar-refractivity contribution in [3.8, 4) is 0 Å². The van der Waals surface area contributed by atoms with Crippen LogP contribution in [-0.4, -0.2) is 5.91 Å². The maximum Gasteiger partial charge on any atom is 0.255 e. The van der Waals surface area contributed by atoms with E-state index in [0.717, 1.165) is 10.0 Å². The number of halogens is 3. The fraction of sp³-hybridized carbons (Fsp3) is 0.0714. The average Bonchev–Trinajstić information content (AvgIpc) is 2.36. The van der Waals surface area contributed by atoms with Crippen LogP contribution < -0.4 is 5.32 Å². The lowest BCUT2D eigenvalue weighted by molar-refractivity contribution is 0.102.